The molecule has 0 saturated carbocycles. The van der Waals surface area contributed by atoms with E-state index in [4.69, 9.17) is 4.74 Å². The molecule has 0 amide bonds. The molecule has 0 aromatic carbocycles. The van der Waals surface area contributed by atoms with E-state index in [2.05, 4.69) is 15.2 Å². The SMILES string of the molecule is CCOC(=O)c1cnc2sccc2c1Sc1nnc(C)s1. The third kappa shape index (κ3) is 2.92. The molecule has 21 heavy (non-hydrogen) atoms. The molecule has 0 unspecified atom stereocenters. The highest BCUT2D eigenvalue weighted by atomic mass is 32.2. The summed E-state index contributed by atoms with van der Waals surface area (Å²) in [7, 11) is 0. The molecule has 0 aliphatic carbocycles. The Kier molecular flexibility index (Phi) is 4.18. The van der Waals surface area contributed by atoms with E-state index in [1.165, 1.54) is 23.1 Å². The minimum absolute atomic E-state index is 0.336. The summed E-state index contributed by atoms with van der Waals surface area (Å²) in [6, 6.07) is 1.96. The average Bonchev–Trinajstić information content (AvgIpc) is 3.08. The van der Waals surface area contributed by atoms with Crippen LogP contribution in [-0.2, 0) is 4.74 Å². The number of thiophene rings is 1. The van der Waals surface area contributed by atoms with E-state index in [0.29, 0.717) is 12.2 Å². The molecular weight excluding hydrogens is 326 g/mol. The number of pyridine rings is 1. The van der Waals surface area contributed by atoms with Gasteiger partial charge in [-0.25, -0.2) is 9.78 Å². The molecule has 3 rings (SSSR count). The Morgan fingerprint density at radius 3 is 3.00 bits per heavy atom. The lowest BCUT2D eigenvalue weighted by atomic mass is 10.2. The minimum atomic E-state index is -0.359. The molecule has 108 valence electrons. The third-order valence-electron chi connectivity index (χ3n) is 2.64. The fraction of sp³-hybridized carbons (Fsp3) is 0.231. The van der Waals surface area contributed by atoms with Gasteiger partial charge in [0.2, 0.25) is 0 Å². The van der Waals surface area contributed by atoms with Gasteiger partial charge in [0.1, 0.15) is 9.84 Å². The van der Waals surface area contributed by atoms with Gasteiger partial charge in [-0.3, -0.25) is 0 Å². The first kappa shape index (κ1) is 14.4. The molecule has 0 aliphatic heterocycles. The largest absolute Gasteiger partial charge is 0.462 e. The number of rotatable bonds is 4. The number of nitrogens with zero attached hydrogens (tertiary/aromatic N) is 3. The van der Waals surface area contributed by atoms with E-state index in [0.717, 1.165) is 24.5 Å². The second-order valence-electron chi connectivity index (χ2n) is 4.05. The molecule has 8 heteroatoms. The number of hydrogen-bond donors (Lipinski definition) is 0. The highest BCUT2D eigenvalue weighted by Crippen LogP contribution is 2.38. The van der Waals surface area contributed by atoms with Gasteiger partial charge in [0.05, 0.1) is 12.2 Å². The summed E-state index contributed by atoms with van der Waals surface area (Å²) >= 11 is 4.48. The van der Waals surface area contributed by atoms with E-state index < -0.39 is 0 Å². The zero-order valence-electron chi connectivity index (χ0n) is 11.3. The van der Waals surface area contributed by atoms with Gasteiger partial charge in [0.25, 0.3) is 0 Å². The molecule has 3 aromatic heterocycles. The summed E-state index contributed by atoms with van der Waals surface area (Å²) in [5.41, 5.74) is 0.473. The first-order chi connectivity index (χ1) is 10.2. The number of ether oxygens (including phenoxy) is 1. The van der Waals surface area contributed by atoms with Crippen LogP contribution in [0.4, 0.5) is 0 Å². The van der Waals surface area contributed by atoms with Crippen molar-refractivity contribution in [2.24, 2.45) is 0 Å². The van der Waals surface area contributed by atoms with Gasteiger partial charge in [-0.05, 0) is 25.3 Å². The van der Waals surface area contributed by atoms with Gasteiger partial charge in [0.15, 0.2) is 4.34 Å². The first-order valence-corrected chi connectivity index (χ1v) is 8.71. The number of fused-ring (bicyclic) bond motifs is 1. The van der Waals surface area contributed by atoms with Gasteiger partial charge in [-0.15, -0.1) is 21.5 Å². The van der Waals surface area contributed by atoms with Crippen molar-refractivity contribution in [3.8, 4) is 0 Å². The molecule has 0 saturated heterocycles. The van der Waals surface area contributed by atoms with Crippen molar-refractivity contribution in [3.63, 3.8) is 0 Å². The maximum absolute atomic E-state index is 12.1. The van der Waals surface area contributed by atoms with Crippen molar-refractivity contribution in [1.29, 1.82) is 0 Å². The summed E-state index contributed by atoms with van der Waals surface area (Å²) in [5, 5.41) is 11.9. The molecule has 3 heterocycles. The molecule has 0 atom stereocenters. The van der Waals surface area contributed by atoms with E-state index in [1.54, 1.807) is 24.5 Å². The standard InChI is InChI=1S/C13H11N3O2S3/c1-3-18-12(17)9-6-14-11-8(4-5-19-11)10(9)21-13-16-15-7(2)20-13/h4-6H,3H2,1-2H3. The van der Waals surface area contributed by atoms with E-state index in [9.17, 15) is 4.79 Å². The van der Waals surface area contributed by atoms with Gasteiger partial charge < -0.3 is 4.74 Å². The van der Waals surface area contributed by atoms with Crippen LogP contribution in [0.2, 0.25) is 0 Å². The molecular formula is C13H11N3O2S3. The number of carbonyl (C=O) groups is 1. The number of aromatic nitrogens is 3. The van der Waals surface area contributed by atoms with Crippen molar-refractivity contribution in [3.05, 3.63) is 28.2 Å². The Labute approximate surface area is 133 Å². The quantitative estimate of drug-likeness (QED) is 0.675. The minimum Gasteiger partial charge on any atom is -0.462 e. The van der Waals surface area contributed by atoms with Crippen LogP contribution in [0.3, 0.4) is 0 Å². The van der Waals surface area contributed by atoms with Gasteiger partial charge in [0, 0.05) is 16.5 Å². The van der Waals surface area contributed by atoms with Gasteiger partial charge in [-0.1, -0.05) is 23.1 Å². The van der Waals surface area contributed by atoms with Gasteiger partial charge >= 0.3 is 5.97 Å². The maximum atomic E-state index is 12.1. The maximum Gasteiger partial charge on any atom is 0.340 e. The lowest BCUT2D eigenvalue weighted by Crippen LogP contribution is -2.06. The van der Waals surface area contributed by atoms with Crippen LogP contribution in [-0.4, -0.2) is 27.8 Å². The van der Waals surface area contributed by atoms with Crippen LogP contribution in [0.1, 0.15) is 22.3 Å². The number of hydrogen-bond acceptors (Lipinski definition) is 8. The third-order valence-corrected chi connectivity index (χ3v) is 5.49. The Hall–Kier alpha value is -1.51. The monoisotopic (exact) mass is 337 g/mol. The molecule has 0 bridgehead atoms. The summed E-state index contributed by atoms with van der Waals surface area (Å²) in [6.45, 7) is 4.03. The van der Waals surface area contributed by atoms with Crippen molar-refractivity contribution in [1.82, 2.24) is 15.2 Å². The van der Waals surface area contributed by atoms with E-state index >= 15 is 0 Å². The van der Waals surface area contributed by atoms with Crippen LogP contribution >= 0.6 is 34.4 Å². The summed E-state index contributed by atoms with van der Waals surface area (Å²) < 4.78 is 5.92. The lowest BCUT2D eigenvalue weighted by Gasteiger charge is -2.07. The fourth-order valence-electron chi connectivity index (χ4n) is 1.77. The highest BCUT2D eigenvalue weighted by Gasteiger charge is 2.19. The predicted octanol–water partition coefficient (Wildman–Crippen LogP) is 3.78. The summed E-state index contributed by atoms with van der Waals surface area (Å²) in [4.78, 5) is 18.2. The average molecular weight is 337 g/mol. The zero-order valence-corrected chi connectivity index (χ0v) is 13.8. The zero-order chi connectivity index (χ0) is 14.8. The number of esters is 1. The van der Waals surface area contributed by atoms with Crippen molar-refractivity contribution in [2.75, 3.05) is 6.61 Å². The predicted molar refractivity (Wildman–Crippen MR) is 84.3 cm³/mol. The second kappa shape index (κ2) is 6.08. The molecule has 0 radical (unpaired) electrons. The van der Waals surface area contributed by atoms with Crippen LogP contribution in [0.25, 0.3) is 10.2 Å². The summed E-state index contributed by atoms with van der Waals surface area (Å²) in [5.74, 6) is -0.359. The van der Waals surface area contributed by atoms with Crippen molar-refractivity contribution >= 4 is 50.6 Å². The topological polar surface area (TPSA) is 65.0 Å². The normalized spacial score (nSPS) is 11.0. The fourth-order valence-corrected chi connectivity index (χ4v) is 4.55. The van der Waals surface area contributed by atoms with Crippen LogP contribution in [0.5, 0.6) is 0 Å². The van der Waals surface area contributed by atoms with E-state index in [1.807, 2.05) is 18.4 Å². The van der Waals surface area contributed by atoms with Crippen LogP contribution in [0.15, 0.2) is 26.9 Å². The first-order valence-electron chi connectivity index (χ1n) is 6.20. The Morgan fingerprint density at radius 1 is 1.43 bits per heavy atom. The van der Waals surface area contributed by atoms with Crippen LogP contribution in [0, 0.1) is 6.92 Å². The molecule has 0 N–H and O–H groups in total. The van der Waals surface area contributed by atoms with Crippen LogP contribution < -0.4 is 0 Å². The number of carbonyl (C=O) groups excluding carboxylic acids is 1. The van der Waals surface area contributed by atoms with Crippen molar-refractivity contribution < 1.29 is 9.53 Å². The lowest BCUT2D eigenvalue weighted by molar-refractivity contribution is 0.0522. The Balaban J connectivity index is 2.09. The molecule has 0 aliphatic rings. The molecule has 0 fully saturated rings. The molecule has 5 nitrogen and oxygen atoms in total. The smallest absolute Gasteiger partial charge is 0.340 e. The number of aryl methyl sites for hydroxylation is 1. The second-order valence-corrected chi connectivity index (χ2v) is 7.38. The highest BCUT2D eigenvalue weighted by molar-refractivity contribution is 8.01. The van der Waals surface area contributed by atoms with Crippen molar-refractivity contribution in [2.45, 2.75) is 23.1 Å². The Morgan fingerprint density at radius 2 is 2.29 bits per heavy atom. The van der Waals surface area contributed by atoms with E-state index in [-0.39, 0.29) is 5.97 Å². The Bertz CT molecular complexity index is 797. The summed E-state index contributed by atoms with van der Waals surface area (Å²) in [6.07, 6.45) is 1.58. The van der Waals surface area contributed by atoms with Gasteiger partial charge in [-0.2, -0.15) is 0 Å². The molecule has 3 aromatic rings. The molecule has 0 spiro atoms.